The van der Waals surface area contributed by atoms with E-state index in [-0.39, 0.29) is 61.0 Å². The van der Waals surface area contributed by atoms with Crippen molar-refractivity contribution in [2.45, 2.75) is 0 Å². The molecule has 4 heteroatoms. The molecule has 0 unspecified atom stereocenters. The van der Waals surface area contributed by atoms with Crippen LogP contribution in [0.4, 0.5) is 9.41 Å². The van der Waals surface area contributed by atoms with Crippen molar-refractivity contribution in [2.75, 3.05) is 0 Å². The Labute approximate surface area is 60.5 Å². The minimum atomic E-state index is 0. The van der Waals surface area contributed by atoms with Crippen molar-refractivity contribution in [1.82, 2.24) is 0 Å². The van der Waals surface area contributed by atoms with Gasteiger partial charge in [0.15, 0.2) is 0 Å². The van der Waals surface area contributed by atoms with Gasteiger partial charge in [0.2, 0.25) is 0 Å². The van der Waals surface area contributed by atoms with Crippen LogP contribution in [0.25, 0.3) is 0 Å². The molecule has 0 aromatic carbocycles. The van der Waals surface area contributed by atoms with E-state index in [9.17, 15) is 0 Å². The van der Waals surface area contributed by atoms with Crippen molar-refractivity contribution < 1.29 is 42.1 Å². The third-order valence-corrected chi connectivity index (χ3v) is 0. The first-order chi connectivity index (χ1) is 0. The minimum Gasteiger partial charge on any atom is 0 e. The predicted molar refractivity (Wildman–Crippen MR) is 12.2 cm³/mol. The maximum absolute atomic E-state index is 0. The van der Waals surface area contributed by atoms with Gasteiger partial charge >= 0.3 is 18.9 Å². The van der Waals surface area contributed by atoms with Crippen molar-refractivity contribution in [3.05, 3.63) is 0 Å². The Morgan fingerprint density at radius 1 is 0.750 bits per heavy atom. The van der Waals surface area contributed by atoms with Crippen LogP contribution in [-0.4, -0.2) is 18.9 Å². The van der Waals surface area contributed by atoms with Gasteiger partial charge in [-0.1, -0.05) is 0 Å². The summed E-state index contributed by atoms with van der Waals surface area (Å²) in [5, 5.41) is 0. The van der Waals surface area contributed by atoms with E-state index in [4.69, 9.17) is 0 Å². The number of hydrogen-bond donors (Lipinski definition) is 0. The summed E-state index contributed by atoms with van der Waals surface area (Å²) in [6.07, 6.45) is 0. The van der Waals surface area contributed by atoms with Gasteiger partial charge in [-0.25, -0.2) is 0 Å². The molecule has 0 saturated heterocycles. The number of rotatable bonds is 0. The van der Waals surface area contributed by atoms with E-state index in [2.05, 4.69) is 0 Å². The fourth-order valence-electron chi connectivity index (χ4n) is 0. The quantitative estimate of drug-likeness (QED) is 0.400. The average Bonchev–Trinajstić information content (AvgIpc) is 0. The van der Waals surface area contributed by atoms with Gasteiger partial charge in [-0.2, -0.15) is 0 Å². The Morgan fingerprint density at radius 3 is 0.750 bits per heavy atom. The molecule has 0 saturated carbocycles. The molecule has 0 spiro atoms. The Bertz CT molecular complexity index is 6.00. The molecule has 0 rings (SSSR count). The van der Waals surface area contributed by atoms with Gasteiger partial charge in [0.25, 0.3) is 0 Å². The molecule has 0 aliphatic heterocycles. The zero-order valence-corrected chi connectivity index (χ0v) is 4.23. The van der Waals surface area contributed by atoms with Gasteiger partial charge in [0.05, 0.1) is 0 Å². The van der Waals surface area contributed by atoms with Crippen LogP contribution in [0.15, 0.2) is 0 Å². The molecular formula is H3F2LiY. The summed E-state index contributed by atoms with van der Waals surface area (Å²) in [6, 6.07) is 0. The van der Waals surface area contributed by atoms with Crippen LogP contribution in [0.1, 0.15) is 0 Å². The van der Waals surface area contributed by atoms with E-state index in [1.807, 2.05) is 0 Å². The van der Waals surface area contributed by atoms with Crippen molar-refractivity contribution in [3.63, 3.8) is 0 Å². The molecule has 0 fully saturated rings. The van der Waals surface area contributed by atoms with Crippen molar-refractivity contribution in [2.24, 2.45) is 0 Å². The summed E-state index contributed by atoms with van der Waals surface area (Å²) in [4.78, 5) is 0. The summed E-state index contributed by atoms with van der Waals surface area (Å²) >= 11 is 0. The Morgan fingerprint density at radius 2 is 0.750 bits per heavy atom. The van der Waals surface area contributed by atoms with Gasteiger partial charge in [-0.05, 0) is 0 Å². The second-order valence-electron chi connectivity index (χ2n) is 0. The number of hydrogen-bond acceptors (Lipinski definition) is 0. The smallest absolute Gasteiger partial charge is 0 e. The molecule has 0 heterocycles. The van der Waals surface area contributed by atoms with Crippen molar-refractivity contribution in [3.8, 4) is 0 Å². The first kappa shape index (κ1) is 47.5. The molecule has 0 bridgehead atoms. The number of halogens is 2. The van der Waals surface area contributed by atoms with Gasteiger partial charge in [-0.3, -0.25) is 9.41 Å². The molecule has 0 aliphatic rings. The Hall–Kier alpha value is 1.56. The van der Waals surface area contributed by atoms with E-state index < -0.39 is 0 Å². The van der Waals surface area contributed by atoms with E-state index in [0.29, 0.717) is 0 Å². The summed E-state index contributed by atoms with van der Waals surface area (Å²) in [7, 11) is 0. The Balaban J connectivity index is 0. The third-order valence-electron chi connectivity index (χ3n) is 0. The summed E-state index contributed by atoms with van der Waals surface area (Å²) in [5.41, 5.74) is 0. The Kier molecular flexibility index (Phi) is 282. The van der Waals surface area contributed by atoms with Crippen LogP contribution in [0, 0.1) is 0 Å². The molecule has 0 N–H and O–H groups in total. The first-order valence-electron chi connectivity index (χ1n) is 0. The van der Waals surface area contributed by atoms with E-state index in [1.165, 1.54) is 0 Å². The van der Waals surface area contributed by atoms with Gasteiger partial charge in [0.1, 0.15) is 0 Å². The van der Waals surface area contributed by atoms with Crippen molar-refractivity contribution in [1.29, 1.82) is 0 Å². The molecule has 1 radical (unpaired) electrons. The molecular weight excluding hydrogens is 134 g/mol. The predicted octanol–water partition coefficient (Wildman–Crippen LogP) is -0.346. The fourth-order valence-corrected chi connectivity index (χ4v) is 0. The average molecular weight is 137 g/mol. The maximum Gasteiger partial charge on any atom is 0 e. The zero-order valence-electron chi connectivity index (χ0n) is 1.39. The standard InChI is InChI=1S/2FH.Li.Y.H/h2*1H;;;. The second kappa shape index (κ2) is 23.7. The topological polar surface area (TPSA) is 0 Å². The van der Waals surface area contributed by atoms with Crippen LogP contribution >= 0.6 is 0 Å². The van der Waals surface area contributed by atoms with E-state index >= 15 is 0 Å². The van der Waals surface area contributed by atoms with Crippen LogP contribution in [0.3, 0.4) is 0 Å². The van der Waals surface area contributed by atoms with Gasteiger partial charge in [0, 0.05) is 32.7 Å². The molecule has 21 valence electrons. The molecule has 0 nitrogen and oxygen atoms in total. The van der Waals surface area contributed by atoms with Crippen LogP contribution in [0.2, 0.25) is 0 Å². The summed E-state index contributed by atoms with van der Waals surface area (Å²) in [6.45, 7) is 0. The molecule has 0 atom stereocenters. The van der Waals surface area contributed by atoms with Crippen LogP contribution < -0.4 is 0 Å². The largest absolute Gasteiger partial charge is 0 e. The summed E-state index contributed by atoms with van der Waals surface area (Å²) < 4.78 is 0. The molecule has 4 heavy (non-hydrogen) atoms. The SMILES string of the molecule is F.F.[LiH].[Y]. The van der Waals surface area contributed by atoms with E-state index in [0.717, 1.165) is 0 Å². The fraction of sp³-hybridized carbons (Fsp3) is 0. The second-order valence-corrected chi connectivity index (χ2v) is 0. The molecule has 0 aromatic heterocycles. The van der Waals surface area contributed by atoms with E-state index in [1.54, 1.807) is 0 Å². The third kappa shape index (κ3) is 9.58. The monoisotopic (exact) mass is 137 g/mol. The maximum atomic E-state index is 0. The normalized spacial score (nSPS) is 0. The molecule has 0 aliphatic carbocycles. The summed E-state index contributed by atoms with van der Waals surface area (Å²) in [5.74, 6) is 0. The van der Waals surface area contributed by atoms with Gasteiger partial charge < -0.3 is 0 Å². The first-order valence-corrected chi connectivity index (χ1v) is 0. The van der Waals surface area contributed by atoms with Gasteiger partial charge in [-0.15, -0.1) is 0 Å². The minimum absolute atomic E-state index is 0. The molecule has 0 amide bonds. The van der Waals surface area contributed by atoms with Crippen molar-refractivity contribution >= 4 is 18.9 Å². The molecule has 0 aromatic rings. The zero-order chi connectivity index (χ0) is 0. The van der Waals surface area contributed by atoms with Crippen LogP contribution in [0.5, 0.6) is 0 Å². The van der Waals surface area contributed by atoms with Crippen LogP contribution in [-0.2, 0) is 32.7 Å².